The van der Waals surface area contributed by atoms with Gasteiger partial charge in [0.15, 0.2) is 0 Å². The van der Waals surface area contributed by atoms with Crippen molar-refractivity contribution in [3.63, 3.8) is 0 Å². The van der Waals surface area contributed by atoms with Gasteiger partial charge in [-0.05, 0) is 12.3 Å². The van der Waals surface area contributed by atoms with Gasteiger partial charge in [0.2, 0.25) is 5.91 Å². The Labute approximate surface area is 86.4 Å². The summed E-state index contributed by atoms with van der Waals surface area (Å²) in [5, 5.41) is 0. The SMILES string of the molecule is COCCC(N)C(=O)N(C)CC(C)C. The van der Waals surface area contributed by atoms with Crippen LogP contribution in [0.25, 0.3) is 0 Å². The van der Waals surface area contributed by atoms with Gasteiger partial charge in [-0.25, -0.2) is 0 Å². The topological polar surface area (TPSA) is 55.6 Å². The van der Waals surface area contributed by atoms with E-state index in [-0.39, 0.29) is 5.91 Å². The molecule has 0 aliphatic carbocycles. The summed E-state index contributed by atoms with van der Waals surface area (Å²) in [6, 6.07) is -0.432. The van der Waals surface area contributed by atoms with E-state index in [0.717, 1.165) is 6.54 Å². The maximum atomic E-state index is 11.6. The molecule has 2 N–H and O–H groups in total. The minimum absolute atomic E-state index is 0.00394. The molecule has 84 valence electrons. The van der Waals surface area contributed by atoms with Gasteiger partial charge in [0.25, 0.3) is 0 Å². The molecule has 0 saturated carbocycles. The molecule has 1 unspecified atom stereocenters. The molecule has 0 aromatic rings. The zero-order valence-electron chi connectivity index (χ0n) is 9.62. The van der Waals surface area contributed by atoms with Gasteiger partial charge in [0.1, 0.15) is 0 Å². The molecule has 0 aromatic heterocycles. The van der Waals surface area contributed by atoms with E-state index < -0.39 is 6.04 Å². The van der Waals surface area contributed by atoms with Crippen molar-refractivity contribution in [2.24, 2.45) is 11.7 Å². The van der Waals surface area contributed by atoms with E-state index >= 15 is 0 Å². The quantitative estimate of drug-likeness (QED) is 0.681. The van der Waals surface area contributed by atoms with E-state index in [4.69, 9.17) is 10.5 Å². The number of ether oxygens (including phenoxy) is 1. The van der Waals surface area contributed by atoms with Gasteiger partial charge in [-0.15, -0.1) is 0 Å². The highest BCUT2D eigenvalue weighted by molar-refractivity contribution is 5.81. The summed E-state index contributed by atoms with van der Waals surface area (Å²) in [7, 11) is 3.39. The van der Waals surface area contributed by atoms with Crippen molar-refractivity contribution in [2.45, 2.75) is 26.3 Å². The second-order valence-electron chi connectivity index (χ2n) is 4.00. The molecule has 1 atom stereocenters. The molecule has 0 aromatic carbocycles. The van der Waals surface area contributed by atoms with E-state index in [2.05, 4.69) is 13.8 Å². The highest BCUT2D eigenvalue weighted by atomic mass is 16.5. The molecule has 4 nitrogen and oxygen atoms in total. The van der Waals surface area contributed by atoms with E-state index in [0.29, 0.717) is 18.9 Å². The lowest BCUT2D eigenvalue weighted by atomic mass is 10.1. The van der Waals surface area contributed by atoms with E-state index in [9.17, 15) is 4.79 Å². The molecule has 0 radical (unpaired) electrons. The summed E-state index contributed by atoms with van der Waals surface area (Å²) in [5.41, 5.74) is 5.71. The summed E-state index contributed by atoms with van der Waals surface area (Å²) in [5.74, 6) is 0.467. The van der Waals surface area contributed by atoms with Crippen LogP contribution in [0.3, 0.4) is 0 Å². The summed E-state index contributed by atoms with van der Waals surface area (Å²) in [6.07, 6.45) is 0.581. The van der Waals surface area contributed by atoms with Gasteiger partial charge < -0.3 is 15.4 Å². The molecule has 1 amide bonds. The Bertz CT molecular complexity index is 172. The fourth-order valence-corrected chi connectivity index (χ4v) is 1.29. The Balaban J connectivity index is 3.91. The van der Waals surface area contributed by atoms with Crippen molar-refractivity contribution in [1.82, 2.24) is 4.90 Å². The molecule has 0 saturated heterocycles. The standard InChI is InChI=1S/C10H22N2O2/c1-8(2)7-12(3)10(13)9(11)5-6-14-4/h8-9H,5-7,11H2,1-4H3. The third-order valence-electron chi connectivity index (χ3n) is 1.97. The van der Waals surface area contributed by atoms with Crippen LogP contribution in [0.4, 0.5) is 0 Å². The van der Waals surface area contributed by atoms with Gasteiger partial charge in [0, 0.05) is 27.3 Å². The normalized spacial score (nSPS) is 13.0. The predicted octanol–water partition coefficient (Wildman–Crippen LogP) is 0.465. The third-order valence-corrected chi connectivity index (χ3v) is 1.97. The van der Waals surface area contributed by atoms with Crippen LogP contribution in [0.1, 0.15) is 20.3 Å². The van der Waals surface area contributed by atoms with Crippen molar-refractivity contribution in [3.8, 4) is 0 Å². The number of hydrogen-bond acceptors (Lipinski definition) is 3. The Morgan fingerprint density at radius 2 is 2.07 bits per heavy atom. The molecule has 0 spiro atoms. The largest absolute Gasteiger partial charge is 0.385 e. The number of carbonyl (C=O) groups is 1. The smallest absolute Gasteiger partial charge is 0.239 e. The van der Waals surface area contributed by atoms with Gasteiger partial charge in [0.05, 0.1) is 6.04 Å². The van der Waals surface area contributed by atoms with E-state index in [1.807, 2.05) is 0 Å². The zero-order chi connectivity index (χ0) is 11.1. The van der Waals surface area contributed by atoms with Crippen LogP contribution in [0.5, 0.6) is 0 Å². The van der Waals surface area contributed by atoms with E-state index in [1.165, 1.54) is 0 Å². The van der Waals surface area contributed by atoms with Crippen molar-refractivity contribution < 1.29 is 9.53 Å². The lowest BCUT2D eigenvalue weighted by Crippen LogP contribution is -2.43. The first-order valence-electron chi connectivity index (χ1n) is 4.98. The third kappa shape index (κ3) is 5.19. The molecule has 0 bridgehead atoms. The second kappa shape index (κ2) is 6.79. The lowest BCUT2D eigenvalue weighted by Gasteiger charge is -2.22. The Kier molecular flexibility index (Phi) is 6.49. The van der Waals surface area contributed by atoms with Crippen LogP contribution in [0.15, 0.2) is 0 Å². The number of carbonyl (C=O) groups excluding carboxylic acids is 1. The summed E-state index contributed by atoms with van der Waals surface area (Å²) >= 11 is 0. The molecule has 0 fully saturated rings. The maximum absolute atomic E-state index is 11.6. The van der Waals surface area contributed by atoms with E-state index in [1.54, 1.807) is 19.1 Å². The maximum Gasteiger partial charge on any atom is 0.239 e. The number of nitrogens with zero attached hydrogens (tertiary/aromatic N) is 1. The fourth-order valence-electron chi connectivity index (χ4n) is 1.29. The first-order valence-corrected chi connectivity index (χ1v) is 4.98. The lowest BCUT2D eigenvalue weighted by molar-refractivity contribution is -0.132. The van der Waals surface area contributed by atoms with Gasteiger partial charge in [-0.3, -0.25) is 4.79 Å². The van der Waals surface area contributed by atoms with Crippen molar-refractivity contribution >= 4 is 5.91 Å². The Hall–Kier alpha value is -0.610. The minimum atomic E-state index is -0.432. The highest BCUT2D eigenvalue weighted by Crippen LogP contribution is 2.00. The van der Waals surface area contributed by atoms with Crippen LogP contribution in [0.2, 0.25) is 0 Å². The number of hydrogen-bond donors (Lipinski definition) is 1. The van der Waals surface area contributed by atoms with Crippen LogP contribution in [-0.2, 0) is 9.53 Å². The number of amides is 1. The van der Waals surface area contributed by atoms with Gasteiger partial charge in [-0.2, -0.15) is 0 Å². The van der Waals surface area contributed by atoms with Crippen LogP contribution >= 0.6 is 0 Å². The first kappa shape index (κ1) is 13.4. The predicted molar refractivity (Wildman–Crippen MR) is 56.9 cm³/mol. The average Bonchev–Trinajstić information content (AvgIpc) is 2.11. The molecule has 14 heavy (non-hydrogen) atoms. The number of methoxy groups -OCH3 is 1. The average molecular weight is 202 g/mol. The monoisotopic (exact) mass is 202 g/mol. The second-order valence-corrected chi connectivity index (χ2v) is 4.00. The van der Waals surface area contributed by atoms with Crippen molar-refractivity contribution in [2.75, 3.05) is 27.3 Å². The van der Waals surface area contributed by atoms with Gasteiger partial charge >= 0.3 is 0 Å². The molecular weight excluding hydrogens is 180 g/mol. The summed E-state index contributed by atoms with van der Waals surface area (Å²) < 4.78 is 4.87. The van der Waals surface area contributed by atoms with Crippen molar-refractivity contribution in [1.29, 1.82) is 0 Å². The molecular formula is C10H22N2O2. The van der Waals surface area contributed by atoms with Crippen molar-refractivity contribution in [3.05, 3.63) is 0 Å². The molecule has 0 aliphatic rings. The molecule has 4 heteroatoms. The highest BCUT2D eigenvalue weighted by Gasteiger charge is 2.17. The zero-order valence-corrected chi connectivity index (χ0v) is 9.62. The Morgan fingerprint density at radius 3 is 2.50 bits per heavy atom. The van der Waals surface area contributed by atoms with Crippen LogP contribution < -0.4 is 5.73 Å². The number of rotatable bonds is 6. The Morgan fingerprint density at radius 1 is 1.50 bits per heavy atom. The fraction of sp³-hybridized carbons (Fsp3) is 0.900. The molecule has 0 heterocycles. The van der Waals surface area contributed by atoms with Crippen LogP contribution in [0, 0.1) is 5.92 Å². The number of nitrogens with two attached hydrogens (primary N) is 1. The molecule has 0 rings (SSSR count). The van der Waals surface area contributed by atoms with Gasteiger partial charge in [-0.1, -0.05) is 13.8 Å². The number of likely N-dealkylation sites (N-methyl/N-ethyl adjacent to an activating group) is 1. The van der Waals surface area contributed by atoms with Crippen LogP contribution in [-0.4, -0.2) is 44.2 Å². The summed E-state index contributed by atoms with van der Waals surface area (Å²) in [6.45, 7) is 5.43. The summed E-state index contributed by atoms with van der Waals surface area (Å²) in [4.78, 5) is 13.3. The minimum Gasteiger partial charge on any atom is -0.385 e. The molecule has 0 aliphatic heterocycles. The first-order chi connectivity index (χ1) is 6.49.